The molecule has 0 fully saturated rings. The van der Waals surface area contributed by atoms with Crippen molar-refractivity contribution in [3.8, 4) is 11.5 Å². The first-order chi connectivity index (χ1) is 10.7. The average molecular weight is 330 g/mol. The van der Waals surface area contributed by atoms with Gasteiger partial charge in [0.05, 0.1) is 0 Å². The van der Waals surface area contributed by atoms with Crippen LogP contribution in [0.15, 0.2) is 34.4 Å². The molecule has 4 rings (SSSR count). The fourth-order valence-corrected chi connectivity index (χ4v) is 4.46. The first-order valence-electron chi connectivity index (χ1n) is 7.00. The summed E-state index contributed by atoms with van der Waals surface area (Å²) in [6.45, 7) is 5.46. The summed E-state index contributed by atoms with van der Waals surface area (Å²) in [6.07, 6.45) is 1.64. The zero-order valence-electron chi connectivity index (χ0n) is 12.3. The molecule has 0 N–H and O–H groups in total. The first kappa shape index (κ1) is 13.8. The van der Waals surface area contributed by atoms with Crippen LogP contribution in [0.5, 0.6) is 11.5 Å². The number of ether oxygens (including phenoxy) is 2. The highest BCUT2D eigenvalue weighted by molar-refractivity contribution is 7.99. The van der Waals surface area contributed by atoms with Gasteiger partial charge >= 0.3 is 0 Å². The maximum Gasteiger partial charge on any atom is 0.162 e. The molecule has 0 unspecified atom stereocenters. The van der Waals surface area contributed by atoms with Crippen LogP contribution in [0, 0.1) is 13.8 Å². The molecule has 0 aliphatic carbocycles. The highest BCUT2D eigenvalue weighted by Gasteiger charge is 2.15. The van der Waals surface area contributed by atoms with Crippen LogP contribution in [-0.4, -0.2) is 23.2 Å². The Bertz CT molecular complexity index is 861. The number of thiophene rings is 1. The Balaban J connectivity index is 1.75. The third kappa shape index (κ3) is 2.32. The molecule has 0 atom stereocenters. The number of hydrogen-bond acceptors (Lipinski definition) is 6. The molecule has 0 bridgehead atoms. The van der Waals surface area contributed by atoms with Crippen molar-refractivity contribution in [2.75, 3.05) is 13.2 Å². The normalized spacial score (nSPS) is 13.5. The van der Waals surface area contributed by atoms with Gasteiger partial charge in [-0.15, -0.1) is 11.3 Å². The number of benzene rings is 1. The van der Waals surface area contributed by atoms with Crippen LogP contribution in [-0.2, 0) is 0 Å². The molecule has 3 aromatic rings. The fourth-order valence-electron chi connectivity index (χ4n) is 2.43. The second-order valence-corrected chi connectivity index (χ2v) is 7.32. The molecule has 0 saturated heterocycles. The third-order valence-corrected chi connectivity index (χ3v) is 5.77. The lowest BCUT2D eigenvalue weighted by molar-refractivity contribution is 0.171. The maximum atomic E-state index is 5.65. The summed E-state index contributed by atoms with van der Waals surface area (Å²) in [4.78, 5) is 12.3. The summed E-state index contributed by atoms with van der Waals surface area (Å²) >= 11 is 3.35. The lowest BCUT2D eigenvalue weighted by Crippen LogP contribution is -2.15. The van der Waals surface area contributed by atoms with E-state index in [-0.39, 0.29) is 0 Å². The van der Waals surface area contributed by atoms with Gasteiger partial charge in [-0.05, 0) is 37.6 Å². The van der Waals surface area contributed by atoms with Crippen molar-refractivity contribution in [3.05, 3.63) is 35.0 Å². The maximum absolute atomic E-state index is 5.65. The van der Waals surface area contributed by atoms with Gasteiger partial charge < -0.3 is 9.47 Å². The second-order valence-electron chi connectivity index (χ2n) is 5.05. The number of aryl methyl sites for hydroxylation is 2. The second kappa shape index (κ2) is 5.44. The number of nitrogens with zero attached hydrogens (tertiary/aromatic N) is 2. The van der Waals surface area contributed by atoms with E-state index in [0.29, 0.717) is 13.2 Å². The van der Waals surface area contributed by atoms with Crippen molar-refractivity contribution in [2.45, 2.75) is 23.8 Å². The zero-order chi connectivity index (χ0) is 15.1. The van der Waals surface area contributed by atoms with Gasteiger partial charge in [0.15, 0.2) is 11.5 Å². The quantitative estimate of drug-likeness (QED) is 0.658. The van der Waals surface area contributed by atoms with Crippen molar-refractivity contribution >= 4 is 33.3 Å². The molecule has 3 heterocycles. The Labute approximate surface area is 136 Å². The third-order valence-electron chi connectivity index (χ3n) is 3.66. The van der Waals surface area contributed by atoms with Crippen molar-refractivity contribution in [2.24, 2.45) is 0 Å². The fraction of sp³-hybridized carbons (Fsp3) is 0.250. The zero-order valence-corrected chi connectivity index (χ0v) is 13.9. The number of fused-ring (bicyclic) bond motifs is 2. The molecule has 0 spiro atoms. The van der Waals surface area contributed by atoms with Crippen LogP contribution in [0.4, 0.5) is 0 Å². The summed E-state index contributed by atoms with van der Waals surface area (Å²) in [6, 6.07) is 6.02. The van der Waals surface area contributed by atoms with Crippen molar-refractivity contribution in [3.63, 3.8) is 0 Å². The van der Waals surface area contributed by atoms with Crippen molar-refractivity contribution < 1.29 is 9.47 Å². The van der Waals surface area contributed by atoms with Gasteiger partial charge in [-0.2, -0.15) is 0 Å². The molecule has 1 aliphatic heterocycles. The molecule has 1 aliphatic rings. The Morgan fingerprint density at radius 2 is 1.91 bits per heavy atom. The summed E-state index contributed by atoms with van der Waals surface area (Å²) in [7, 11) is 0. The largest absolute Gasteiger partial charge is 0.486 e. The van der Waals surface area contributed by atoms with Gasteiger partial charge in [0.25, 0.3) is 0 Å². The van der Waals surface area contributed by atoms with Gasteiger partial charge in [-0.3, -0.25) is 0 Å². The van der Waals surface area contributed by atoms with Crippen LogP contribution in [0.1, 0.15) is 10.4 Å². The molecule has 1 aromatic carbocycles. The van der Waals surface area contributed by atoms with Crippen molar-refractivity contribution in [1.82, 2.24) is 9.97 Å². The van der Waals surface area contributed by atoms with E-state index in [2.05, 4.69) is 23.8 Å². The van der Waals surface area contributed by atoms with E-state index in [4.69, 9.17) is 9.47 Å². The Kier molecular flexibility index (Phi) is 3.43. The molecule has 0 amide bonds. The van der Waals surface area contributed by atoms with E-state index < -0.39 is 0 Å². The van der Waals surface area contributed by atoms with E-state index in [1.807, 2.05) is 18.2 Å². The monoisotopic (exact) mass is 330 g/mol. The number of hydrogen-bond donors (Lipinski definition) is 0. The Hall–Kier alpha value is -1.79. The highest BCUT2D eigenvalue weighted by atomic mass is 32.2. The van der Waals surface area contributed by atoms with E-state index in [1.165, 1.54) is 10.4 Å². The first-order valence-corrected chi connectivity index (χ1v) is 8.64. The summed E-state index contributed by atoms with van der Waals surface area (Å²) < 4.78 is 11.2. The molecular formula is C16H14N2O2S2. The van der Waals surface area contributed by atoms with Gasteiger partial charge in [0.1, 0.15) is 29.4 Å². The van der Waals surface area contributed by atoms with Crippen molar-refractivity contribution in [1.29, 1.82) is 0 Å². The predicted octanol–water partition coefficient (Wildman–Crippen LogP) is 4.23. The topological polar surface area (TPSA) is 44.2 Å². The molecule has 6 heteroatoms. The molecular weight excluding hydrogens is 316 g/mol. The van der Waals surface area contributed by atoms with Crippen LogP contribution in [0.3, 0.4) is 0 Å². The van der Waals surface area contributed by atoms with Crippen LogP contribution in [0.2, 0.25) is 0 Å². The molecule has 0 saturated carbocycles. The summed E-state index contributed by atoms with van der Waals surface area (Å²) in [5.74, 6) is 1.62. The minimum atomic E-state index is 0.599. The predicted molar refractivity (Wildman–Crippen MR) is 88.4 cm³/mol. The van der Waals surface area contributed by atoms with Crippen LogP contribution in [0.25, 0.3) is 10.2 Å². The van der Waals surface area contributed by atoms with Crippen LogP contribution >= 0.6 is 23.1 Å². The van der Waals surface area contributed by atoms with E-state index in [9.17, 15) is 0 Å². The lowest BCUT2D eigenvalue weighted by Gasteiger charge is -2.18. The van der Waals surface area contributed by atoms with E-state index >= 15 is 0 Å². The minimum Gasteiger partial charge on any atom is -0.486 e. The molecule has 112 valence electrons. The standard InChI is InChI=1S/C16H14N2O2S2/c1-9-10(2)21-15-14(9)16(18-8-17-15)22-11-3-4-12-13(7-11)20-6-5-19-12/h3-4,7-8H,5-6H2,1-2H3. The van der Waals surface area contributed by atoms with Gasteiger partial charge in [0.2, 0.25) is 0 Å². The molecule has 4 nitrogen and oxygen atoms in total. The highest BCUT2D eigenvalue weighted by Crippen LogP contribution is 2.40. The molecule has 2 aromatic heterocycles. The lowest BCUT2D eigenvalue weighted by atomic mass is 10.2. The smallest absolute Gasteiger partial charge is 0.162 e. The molecule has 0 radical (unpaired) electrons. The Morgan fingerprint density at radius 1 is 1.09 bits per heavy atom. The van der Waals surface area contributed by atoms with Gasteiger partial charge in [-0.1, -0.05) is 11.8 Å². The Morgan fingerprint density at radius 3 is 2.77 bits per heavy atom. The number of rotatable bonds is 2. The van der Waals surface area contributed by atoms with Gasteiger partial charge in [0, 0.05) is 15.2 Å². The minimum absolute atomic E-state index is 0.599. The molecule has 22 heavy (non-hydrogen) atoms. The number of aromatic nitrogens is 2. The van der Waals surface area contributed by atoms with Gasteiger partial charge in [-0.25, -0.2) is 9.97 Å². The SMILES string of the molecule is Cc1sc2ncnc(Sc3ccc4c(c3)OCCO4)c2c1C. The van der Waals surface area contributed by atoms with Crippen LogP contribution < -0.4 is 9.47 Å². The van der Waals surface area contributed by atoms with E-state index in [1.54, 1.807) is 29.4 Å². The summed E-state index contributed by atoms with van der Waals surface area (Å²) in [5.41, 5.74) is 1.26. The summed E-state index contributed by atoms with van der Waals surface area (Å²) in [5, 5.41) is 2.15. The average Bonchev–Trinajstić information content (AvgIpc) is 2.83. The van der Waals surface area contributed by atoms with E-state index in [0.717, 1.165) is 31.6 Å².